The van der Waals surface area contributed by atoms with E-state index in [2.05, 4.69) is 60.0 Å². The van der Waals surface area contributed by atoms with Gasteiger partial charge in [-0.05, 0) is 37.8 Å². The fourth-order valence-corrected chi connectivity index (χ4v) is 2.59. The molecule has 1 aromatic carbocycles. The third-order valence-corrected chi connectivity index (χ3v) is 5.40. The van der Waals surface area contributed by atoms with Crippen LogP contribution in [0.3, 0.4) is 0 Å². The fourth-order valence-electron chi connectivity index (χ4n) is 2.38. The van der Waals surface area contributed by atoms with Gasteiger partial charge in [-0.1, -0.05) is 18.2 Å². The highest BCUT2D eigenvalue weighted by Crippen LogP contribution is 2.22. The highest BCUT2D eigenvalue weighted by molar-refractivity contribution is 7.99. The summed E-state index contributed by atoms with van der Waals surface area (Å²) >= 11 is 1.84. The van der Waals surface area contributed by atoms with Crippen LogP contribution in [-0.4, -0.2) is 49.6 Å². The van der Waals surface area contributed by atoms with Gasteiger partial charge in [-0.15, -0.1) is 0 Å². The van der Waals surface area contributed by atoms with Crippen LogP contribution in [-0.2, 0) is 6.54 Å². The summed E-state index contributed by atoms with van der Waals surface area (Å²) in [6.45, 7) is 5.99. The molecule has 6 heteroatoms. The van der Waals surface area contributed by atoms with E-state index in [1.807, 2.05) is 36.8 Å². The number of benzene rings is 1. The topological polar surface area (TPSA) is 52.6 Å². The van der Waals surface area contributed by atoms with Crippen molar-refractivity contribution in [3.05, 3.63) is 35.9 Å². The van der Waals surface area contributed by atoms with E-state index in [4.69, 9.17) is 4.98 Å². The lowest BCUT2D eigenvalue weighted by Crippen LogP contribution is -2.43. The average molecular weight is 360 g/mol. The van der Waals surface area contributed by atoms with E-state index >= 15 is 0 Å². The van der Waals surface area contributed by atoms with Crippen LogP contribution in [0.5, 0.6) is 0 Å². The second kappa shape index (κ2) is 8.43. The van der Waals surface area contributed by atoms with Gasteiger partial charge in [-0.25, -0.2) is 4.98 Å². The Morgan fingerprint density at radius 1 is 1.24 bits per heavy atom. The summed E-state index contributed by atoms with van der Waals surface area (Å²) in [7, 11) is 5.83. The maximum Gasteiger partial charge on any atom is 0.191 e. The van der Waals surface area contributed by atoms with Crippen LogP contribution in [0.2, 0.25) is 0 Å². The minimum Gasteiger partial charge on any atom is -0.363 e. The molecule has 0 radical (unpaired) electrons. The number of nitrogens with one attached hydrogen (secondary N) is 2. The number of fused-ring (bicyclic) bond motifs is 1. The van der Waals surface area contributed by atoms with E-state index in [-0.39, 0.29) is 4.75 Å². The van der Waals surface area contributed by atoms with E-state index in [0.717, 1.165) is 23.8 Å². The molecule has 5 nitrogen and oxygen atoms in total. The second-order valence-electron chi connectivity index (χ2n) is 6.79. The molecule has 0 unspecified atom stereocenters. The number of nitrogens with zero attached hydrogens (tertiary/aromatic N) is 3. The molecule has 0 aliphatic heterocycles. The van der Waals surface area contributed by atoms with Gasteiger partial charge >= 0.3 is 0 Å². The molecule has 0 fully saturated rings. The predicted molar refractivity (Wildman–Crippen MR) is 112 cm³/mol. The van der Waals surface area contributed by atoms with Crippen molar-refractivity contribution in [2.45, 2.75) is 25.1 Å². The highest BCUT2D eigenvalue weighted by Gasteiger charge is 2.16. The Hall–Kier alpha value is -1.95. The minimum absolute atomic E-state index is 0.166. The van der Waals surface area contributed by atoms with Crippen molar-refractivity contribution in [3.63, 3.8) is 0 Å². The number of para-hydroxylation sites is 1. The lowest BCUT2D eigenvalue weighted by molar-refractivity contribution is 0.664. The van der Waals surface area contributed by atoms with Crippen LogP contribution >= 0.6 is 11.8 Å². The number of aliphatic imine (C=N–C) groups is 1. The zero-order chi connectivity index (χ0) is 18.4. The van der Waals surface area contributed by atoms with Gasteiger partial charge in [0.25, 0.3) is 0 Å². The lowest BCUT2D eigenvalue weighted by Gasteiger charge is -2.24. The molecule has 0 atom stereocenters. The van der Waals surface area contributed by atoms with Gasteiger partial charge in [0.1, 0.15) is 5.82 Å². The number of hydrogen-bond acceptors (Lipinski definition) is 4. The highest BCUT2D eigenvalue weighted by atomic mass is 32.2. The molecule has 2 N–H and O–H groups in total. The van der Waals surface area contributed by atoms with Crippen LogP contribution in [0.4, 0.5) is 5.82 Å². The number of thioether (sulfide) groups is 1. The number of rotatable bonds is 6. The van der Waals surface area contributed by atoms with Crippen molar-refractivity contribution >= 4 is 34.4 Å². The molecule has 0 saturated carbocycles. The Balaban J connectivity index is 2.16. The monoisotopic (exact) mass is 359 g/mol. The second-order valence-corrected chi connectivity index (χ2v) is 8.31. The molecular weight excluding hydrogens is 330 g/mol. The predicted octanol–water partition coefficient (Wildman–Crippen LogP) is 3.11. The quantitative estimate of drug-likeness (QED) is 0.613. The molecule has 1 heterocycles. The van der Waals surface area contributed by atoms with Crippen molar-refractivity contribution in [3.8, 4) is 0 Å². The van der Waals surface area contributed by atoms with E-state index in [0.29, 0.717) is 6.54 Å². The number of anilines is 1. The first-order chi connectivity index (χ1) is 11.9. The molecule has 25 heavy (non-hydrogen) atoms. The van der Waals surface area contributed by atoms with Crippen molar-refractivity contribution in [1.82, 2.24) is 15.6 Å². The minimum atomic E-state index is 0.166. The summed E-state index contributed by atoms with van der Waals surface area (Å²) in [5, 5.41) is 8.00. The van der Waals surface area contributed by atoms with Crippen LogP contribution in [0.1, 0.15) is 19.4 Å². The fraction of sp³-hybridized carbons (Fsp3) is 0.474. The number of guanidine groups is 1. The molecule has 0 aliphatic rings. The number of aromatic nitrogens is 1. The van der Waals surface area contributed by atoms with Crippen LogP contribution in [0.15, 0.2) is 35.3 Å². The van der Waals surface area contributed by atoms with E-state index in [9.17, 15) is 0 Å². The summed E-state index contributed by atoms with van der Waals surface area (Å²) in [6, 6.07) is 10.4. The van der Waals surface area contributed by atoms with Crippen molar-refractivity contribution in [1.29, 1.82) is 0 Å². The van der Waals surface area contributed by atoms with Crippen molar-refractivity contribution in [2.24, 2.45) is 4.99 Å². The standard InChI is InChI=1S/C19H29N5S/c1-19(2,25-6)13-22-18(20-3)21-12-14-11-17(24(4)5)23-16-10-8-7-9-15(14)16/h7-11H,12-13H2,1-6H3,(H2,20,21,22). The number of pyridine rings is 1. The average Bonchev–Trinajstić information content (AvgIpc) is 2.61. The molecule has 0 aliphatic carbocycles. The van der Waals surface area contributed by atoms with Gasteiger partial charge in [0.2, 0.25) is 0 Å². The molecule has 0 saturated heterocycles. The molecule has 0 spiro atoms. The largest absolute Gasteiger partial charge is 0.363 e. The van der Waals surface area contributed by atoms with E-state index in [1.54, 1.807) is 7.05 Å². The molecule has 0 bridgehead atoms. The Bertz CT molecular complexity index is 740. The Labute approximate surface area is 155 Å². The Kier molecular flexibility index (Phi) is 6.53. The summed E-state index contributed by atoms with van der Waals surface area (Å²) in [5.74, 6) is 1.77. The molecule has 136 valence electrons. The smallest absolute Gasteiger partial charge is 0.191 e. The van der Waals surface area contributed by atoms with Crippen LogP contribution in [0.25, 0.3) is 10.9 Å². The molecule has 1 aromatic heterocycles. The number of hydrogen-bond donors (Lipinski definition) is 2. The third-order valence-electron chi connectivity index (χ3n) is 4.15. The Morgan fingerprint density at radius 3 is 2.60 bits per heavy atom. The van der Waals surface area contributed by atoms with Gasteiger partial charge < -0.3 is 15.5 Å². The SMILES string of the molecule is CN=C(NCc1cc(N(C)C)nc2ccccc12)NCC(C)(C)SC. The first kappa shape index (κ1) is 19.4. The summed E-state index contributed by atoms with van der Waals surface area (Å²) in [5.41, 5.74) is 2.22. The molecular formula is C19H29N5S. The maximum atomic E-state index is 4.71. The molecule has 0 amide bonds. The lowest BCUT2D eigenvalue weighted by atomic mass is 10.1. The van der Waals surface area contributed by atoms with Crippen LogP contribution < -0.4 is 15.5 Å². The first-order valence-electron chi connectivity index (χ1n) is 8.42. The zero-order valence-electron chi connectivity index (χ0n) is 16.1. The van der Waals surface area contributed by atoms with Gasteiger partial charge in [0.05, 0.1) is 5.52 Å². The molecule has 2 aromatic rings. The summed E-state index contributed by atoms with van der Waals surface area (Å²) < 4.78 is 0.166. The van der Waals surface area contributed by atoms with Gasteiger partial charge in [0, 0.05) is 44.4 Å². The van der Waals surface area contributed by atoms with Gasteiger partial charge in [0.15, 0.2) is 5.96 Å². The summed E-state index contributed by atoms with van der Waals surface area (Å²) in [6.07, 6.45) is 2.13. The molecule has 2 rings (SSSR count). The van der Waals surface area contributed by atoms with Crippen molar-refractivity contribution in [2.75, 3.05) is 38.8 Å². The van der Waals surface area contributed by atoms with Gasteiger partial charge in [-0.2, -0.15) is 11.8 Å². The van der Waals surface area contributed by atoms with Gasteiger partial charge in [-0.3, -0.25) is 4.99 Å². The zero-order valence-corrected chi connectivity index (χ0v) is 16.9. The Morgan fingerprint density at radius 2 is 1.96 bits per heavy atom. The summed E-state index contributed by atoms with van der Waals surface area (Å²) in [4.78, 5) is 11.1. The van der Waals surface area contributed by atoms with E-state index in [1.165, 1.54) is 10.9 Å². The van der Waals surface area contributed by atoms with Crippen LogP contribution in [0, 0.1) is 0 Å². The van der Waals surface area contributed by atoms with E-state index < -0.39 is 0 Å². The van der Waals surface area contributed by atoms with Crippen molar-refractivity contribution < 1.29 is 0 Å². The maximum absolute atomic E-state index is 4.71. The first-order valence-corrected chi connectivity index (χ1v) is 9.64. The third kappa shape index (κ3) is 5.26. The normalized spacial score (nSPS) is 12.3.